The van der Waals surface area contributed by atoms with Crippen LogP contribution in [0.4, 0.5) is 4.39 Å². The molecule has 0 spiro atoms. The molecule has 1 atom stereocenters. The minimum atomic E-state index is -0.988. The average Bonchev–Trinajstić information content (AvgIpc) is 2.78. The summed E-state index contributed by atoms with van der Waals surface area (Å²) in [7, 11) is 0. The summed E-state index contributed by atoms with van der Waals surface area (Å²) >= 11 is 0. The van der Waals surface area contributed by atoms with Crippen molar-refractivity contribution in [3.05, 3.63) is 35.6 Å². The molecule has 1 fully saturated rings. The molecule has 0 unspecified atom stereocenters. The van der Waals surface area contributed by atoms with E-state index < -0.39 is 17.8 Å². The fourth-order valence-electron chi connectivity index (χ4n) is 2.02. The minimum Gasteiger partial charge on any atom is -0.480 e. The van der Waals surface area contributed by atoms with Crippen molar-refractivity contribution in [2.75, 3.05) is 6.54 Å². The summed E-state index contributed by atoms with van der Waals surface area (Å²) < 4.78 is 12.7. The monoisotopic (exact) mass is 237 g/mol. The van der Waals surface area contributed by atoms with Crippen LogP contribution in [-0.2, 0) is 4.79 Å². The van der Waals surface area contributed by atoms with Gasteiger partial charge in [0.15, 0.2) is 0 Å². The van der Waals surface area contributed by atoms with Crippen LogP contribution in [0.1, 0.15) is 23.2 Å². The van der Waals surface area contributed by atoms with Crippen LogP contribution in [0.25, 0.3) is 0 Å². The smallest absolute Gasteiger partial charge is 0.326 e. The summed E-state index contributed by atoms with van der Waals surface area (Å²) in [5.41, 5.74) is 0.319. The number of carboxylic acid groups (broad SMARTS) is 1. The normalized spacial score (nSPS) is 19.4. The number of benzene rings is 1. The van der Waals surface area contributed by atoms with Gasteiger partial charge in [0.2, 0.25) is 0 Å². The van der Waals surface area contributed by atoms with Crippen molar-refractivity contribution in [1.82, 2.24) is 4.90 Å². The zero-order valence-corrected chi connectivity index (χ0v) is 9.10. The van der Waals surface area contributed by atoms with Crippen molar-refractivity contribution >= 4 is 11.9 Å². The first-order valence-corrected chi connectivity index (χ1v) is 5.39. The van der Waals surface area contributed by atoms with Crippen LogP contribution < -0.4 is 0 Å². The zero-order chi connectivity index (χ0) is 12.4. The summed E-state index contributed by atoms with van der Waals surface area (Å²) in [5.74, 6) is -1.76. The molecule has 1 amide bonds. The molecule has 1 aliphatic rings. The molecule has 0 aliphatic carbocycles. The van der Waals surface area contributed by atoms with E-state index in [0.29, 0.717) is 24.9 Å². The number of carbonyl (C=O) groups excluding carboxylic acids is 1. The first-order valence-electron chi connectivity index (χ1n) is 5.39. The molecule has 0 aromatic heterocycles. The Labute approximate surface area is 97.7 Å². The fraction of sp³-hybridized carbons (Fsp3) is 0.333. The van der Waals surface area contributed by atoms with E-state index in [1.54, 1.807) is 0 Å². The lowest BCUT2D eigenvalue weighted by Crippen LogP contribution is -2.40. The predicted octanol–water partition coefficient (Wildman–Crippen LogP) is 1.51. The molecule has 2 rings (SSSR count). The van der Waals surface area contributed by atoms with E-state index in [4.69, 9.17) is 5.11 Å². The van der Waals surface area contributed by atoms with Crippen molar-refractivity contribution in [2.24, 2.45) is 0 Å². The standard InChI is InChI=1S/C12H12FNO3/c13-9-5-3-8(4-6-9)11(15)14-7-1-2-10(14)12(16)17/h3-6,10H,1-2,7H2,(H,16,17)/t10-/m1/s1. The molecule has 5 heteroatoms. The van der Waals surface area contributed by atoms with Gasteiger partial charge in [0.1, 0.15) is 11.9 Å². The summed E-state index contributed by atoms with van der Waals surface area (Å²) in [6, 6.07) is 4.37. The maximum Gasteiger partial charge on any atom is 0.326 e. The second-order valence-corrected chi connectivity index (χ2v) is 4.00. The first-order chi connectivity index (χ1) is 8.09. The highest BCUT2D eigenvalue weighted by Gasteiger charge is 2.34. The van der Waals surface area contributed by atoms with Crippen LogP contribution in [0.5, 0.6) is 0 Å². The van der Waals surface area contributed by atoms with E-state index in [2.05, 4.69) is 0 Å². The van der Waals surface area contributed by atoms with Crippen LogP contribution in [-0.4, -0.2) is 34.5 Å². The van der Waals surface area contributed by atoms with E-state index >= 15 is 0 Å². The first kappa shape index (κ1) is 11.6. The van der Waals surface area contributed by atoms with Crippen molar-refractivity contribution in [3.63, 3.8) is 0 Å². The van der Waals surface area contributed by atoms with Gasteiger partial charge in [0.05, 0.1) is 0 Å². The largest absolute Gasteiger partial charge is 0.480 e. The van der Waals surface area contributed by atoms with Crippen LogP contribution >= 0.6 is 0 Å². The van der Waals surface area contributed by atoms with Crippen molar-refractivity contribution < 1.29 is 19.1 Å². The average molecular weight is 237 g/mol. The SMILES string of the molecule is O=C(O)[C@H]1CCCN1C(=O)c1ccc(F)cc1. The quantitative estimate of drug-likeness (QED) is 0.848. The number of rotatable bonds is 2. The Balaban J connectivity index is 2.19. The minimum absolute atomic E-state index is 0.319. The Morgan fingerprint density at radius 3 is 2.53 bits per heavy atom. The number of amides is 1. The van der Waals surface area contributed by atoms with Gasteiger partial charge in [0, 0.05) is 12.1 Å². The molecule has 17 heavy (non-hydrogen) atoms. The molecule has 1 aromatic rings. The summed E-state index contributed by atoms with van der Waals surface area (Å²) in [6.45, 7) is 0.438. The van der Waals surface area contributed by atoms with E-state index in [1.165, 1.54) is 29.2 Å². The van der Waals surface area contributed by atoms with Crippen molar-refractivity contribution in [2.45, 2.75) is 18.9 Å². The topological polar surface area (TPSA) is 57.6 Å². The number of hydrogen-bond donors (Lipinski definition) is 1. The van der Waals surface area contributed by atoms with Crippen LogP contribution in [0.15, 0.2) is 24.3 Å². The summed E-state index contributed by atoms with van der Waals surface area (Å²) in [5, 5.41) is 8.97. The number of carbonyl (C=O) groups is 2. The molecule has 1 aromatic carbocycles. The lowest BCUT2D eigenvalue weighted by Gasteiger charge is -2.21. The molecule has 1 saturated heterocycles. The Kier molecular flexibility index (Phi) is 3.08. The zero-order valence-electron chi connectivity index (χ0n) is 9.10. The van der Waals surface area contributed by atoms with Gasteiger partial charge in [-0.05, 0) is 37.1 Å². The molecule has 0 radical (unpaired) electrons. The number of hydrogen-bond acceptors (Lipinski definition) is 2. The van der Waals surface area contributed by atoms with E-state index in [1.807, 2.05) is 0 Å². The molecule has 0 bridgehead atoms. The van der Waals surface area contributed by atoms with Crippen molar-refractivity contribution in [1.29, 1.82) is 0 Å². The molecule has 1 heterocycles. The fourth-order valence-corrected chi connectivity index (χ4v) is 2.02. The number of carboxylic acids is 1. The summed E-state index contributed by atoms with van der Waals surface area (Å²) in [6.07, 6.45) is 1.16. The molecule has 90 valence electrons. The van der Waals surface area contributed by atoms with E-state index in [9.17, 15) is 14.0 Å². The molecule has 4 nitrogen and oxygen atoms in total. The molecule has 1 aliphatic heterocycles. The van der Waals surface area contributed by atoms with Crippen LogP contribution in [0, 0.1) is 5.82 Å². The second-order valence-electron chi connectivity index (χ2n) is 4.00. The third kappa shape index (κ3) is 2.27. The van der Waals surface area contributed by atoms with Gasteiger partial charge in [-0.1, -0.05) is 0 Å². The number of nitrogens with zero attached hydrogens (tertiary/aromatic N) is 1. The van der Waals surface area contributed by atoms with Crippen LogP contribution in [0.3, 0.4) is 0 Å². The third-order valence-corrected chi connectivity index (χ3v) is 2.89. The number of likely N-dealkylation sites (tertiary alicyclic amines) is 1. The van der Waals surface area contributed by atoms with Crippen LogP contribution in [0.2, 0.25) is 0 Å². The number of aliphatic carboxylic acids is 1. The van der Waals surface area contributed by atoms with E-state index in [-0.39, 0.29) is 5.91 Å². The third-order valence-electron chi connectivity index (χ3n) is 2.89. The Morgan fingerprint density at radius 1 is 1.29 bits per heavy atom. The van der Waals surface area contributed by atoms with Gasteiger partial charge in [-0.15, -0.1) is 0 Å². The maximum absolute atomic E-state index is 12.7. The van der Waals surface area contributed by atoms with Gasteiger partial charge in [0.25, 0.3) is 5.91 Å². The highest BCUT2D eigenvalue weighted by molar-refractivity contribution is 5.96. The van der Waals surface area contributed by atoms with Gasteiger partial charge in [-0.2, -0.15) is 0 Å². The van der Waals surface area contributed by atoms with Gasteiger partial charge in [-0.3, -0.25) is 4.79 Å². The molecular weight excluding hydrogens is 225 g/mol. The van der Waals surface area contributed by atoms with Gasteiger partial charge < -0.3 is 10.0 Å². The molecular formula is C12H12FNO3. The number of halogens is 1. The highest BCUT2D eigenvalue weighted by Crippen LogP contribution is 2.20. The summed E-state index contributed by atoms with van der Waals surface area (Å²) in [4.78, 5) is 24.3. The highest BCUT2D eigenvalue weighted by atomic mass is 19.1. The lowest BCUT2D eigenvalue weighted by molar-refractivity contribution is -0.141. The predicted molar refractivity (Wildman–Crippen MR) is 58.1 cm³/mol. The molecule has 0 saturated carbocycles. The Bertz CT molecular complexity index is 444. The second kappa shape index (κ2) is 4.53. The Morgan fingerprint density at radius 2 is 1.94 bits per heavy atom. The van der Waals surface area contributed by atoms with Gasteiger partial charge >= 0.3 is 5.97 Å². The van der Waals surface area contributed by atoms with Gasteiger partial charge in [-0.25, -0.2) is 9.18 Å². The maximum atomic E-state index is 12.7. The molecule has 1 N–H and O–H groups in total. The van der Waals surface area contributed by atoms with Crippen molar-refractivity contribution in [3.8, 4) is 0 Å². The van der Waals surface area contributed by atoms with E-state index in [0.717, 1.165) is 0 Å². The Hall–Kier alpha value is -1.91. The lowest BCUT2D eigenvalue weighted by atomic mass is 10.1.